The first-order valence-corrected chi connectivity index (χ1v) is 13.8. The van der Waals surface area contributed by atoms with Gasteiger partial charge in [0.05, 0.1) is 16.7 Å². The minimum Gasteiger partial charge on any atom is -0.536 e. The van der Waals surface area contributed by atoms with Gasteiger partial charge in [-0.15, -0.1) is 0 Å². The summed E-state index contributed by atoms with van der Waals surface area (Å²) in [4.78, 5) is 6.79. The maximum atomic E-state index is 6.68. The second kappa shape index (κ2) is 7.58. The van der Waals surface area contributed by atoms with Crippen LogP contribution in [-0.2, 0) is 0 Å². The fourth-order valence-electron chi connectivity index (χ4n) is 6.92. The Kier molecular flexibility index (Phi) is 3.95. The van der Waals surface area contributed by atoms with E-state index in [1.165, 1.54) is 21.8 Å². The third-order valence-corrected chi connectivity index (χ3v) is 8.68. The molecule has 3 aromatic heterocycles. The van der Waals surface area contributed by atoms with Crippen molar-refractivity contribution in [2.45, 2.75) is 0 Å². The van der Waals surface area contributed by atoms with Gasteiger partial charge < -0.3 is 18.4 Å². The fourth-order valence-corrected chi connectivity index (χ4v) is 6.92. The number of nitrogens with zero attached hydrogens (tertiary/aromatic N) is 3. The van der Waals surface area contributed by atoms with Crippen LogP contribution in [0.25, 0.3) is 60.6 Å². The lowest BCUT2D eigenvalue weighted by Crippen LogP contribution is -2.50. The van der Waals surface area contributed by atoms with Crippen LogP contribution in [0, 0.1) is 0 Å². The standard InChI is InChI=1S/C35H20BN3O2/c1-4-10-29-23(7-1)24-8-2-5-11-30(24)38(29)21-13-14-31-26(17-21)22-15-16-37-20-28(22)36-39(31)32-19-34-27(18-35(32)41-36)25-9-3-6-12-33(25)40-34/h1-20H. The minimum absolute atomic E-state index is 0.293. The maximum Gasteiger partial charge on any atom is 0.526 e. The highest BCUT2D eigenvalue weighted by Crippen LogP contribution is 2.50. The van der Waals surface area contributed by atoms with Gasteiger partial charge in [0.25, 0.3) is 0 Å². The molecule has 5 nitrogen and oxygen atoms in total. The van der Waals surface area contributed by atoms with E-state index < -0.39 is 0 Å². The molecule has 10 rings (SSSR count). The lowest BCUT2D eigenvalue weighted by atomic mass is 9.65. The van der Waals surface area contributed by atoms with Gasteiger partial charge in [-0.1, -0.05) is 54.6 Å². The zero-order chi connectivity index (χ0) is 26.7. The van der Waals surface area contributed by atoms with Crippen LogP contribution in [0.2, 0.25) is 0 Å². The molecule has 6 heteroatoms. The van der Waals surface area contributed by atoms with Crippen LogP contribution < -0.4 is 14.9 Å². The van der Waals surface area contributed by atoms with E-state index in [0.717, 1.165) is 61.3 Å². The fraction of sp³-hybridized carbons (Fsp3) is 0. The first kappa shape index (κ1) is 21.4. The molecule has 2 aliphatic rings. The predicted molar refractivity (Wildman–Crippen MR) is 166 cm³/mol. The Bertz CT molecular complexity index is 2330. The number of benzene rings is 5. The van der Waals surface area contributed by atoms with E-state index in [1.54, 1.807) is 0 Å². The van der Waals surface area contributed by atoms with Gasteiger partial charge in [0, 0.05) is 62.4 Å². The summed E-state index contributed by atoms with van der Waals surface area (Å²) in [6, 6.07) is 38.5. The average Bonchev–Trinajstić information content (AvgIpc) is 3.69. The minimum atomic E-state index is -0.293. The summed E-state index contributed by atoms with van der Waals surface area (Å²) in [5, 5.41) is 4.66. The van der Waals surface area contributed by atoms with Crippen LogP contribution in [0.5, 0.6) is 5.75 Å². The molecule has 0 radical (unpaired) electrons. The molecule has 0 bridgehead atoms. The SMILES string of the molecule is c1ccc2c(c1)oc1cc3c(cc12)OB1c2cnccc2-c2cc(-n4c5ccccc5c5ccccc54)ccc2N13. The number of aromatic nitrogens is 2. The highest BCUT2D eigenvalue weighted by atomic mass is 16.5. The van der Waals surface area contributed by atoms with E-state index in [0.29, 0.717) is 0 Å². The highest BCUT2D eigenvalue weighted by Gasteiger charge is 2.45. The Morgan fingerprint density at radius 1 is 0.610 bits per heavy atom. The van der Waals surface area contributed by atoms with Crippen molar-refractivity contribution in [1.82, 2.24) is 9.55 Å². The van der Waals surface area contributed by atoms with Crippen molar-refractivity contribution in [2.75, 3.05) is 4.81 Å². The number of furan rings is 1. The van der Waals surface area contributed by atoms with E-state index in [9.17, 15) is 0 Å². The van der Waals surface area contributed by atoms with E-state index >= 15 is 0 Å². The largest absolute Gasteiger partial charge is 0.536 e. The molecule has 0 fully saturated rings. The van der Waals surface area contributed by atoms with Crippen molar-refractivity contribution in [3.05, 3.63) is 122 Å². The van der Waals surface area contributed by atoms with Gasteiger partial charge in [-0.2, -0.15) is 0 Å². The molecule has 41 heavy (non-hydrogen) atoms. The number of rotatable bonds is 1. The molecule has 2 aliphatic heterocycles. The molecule has 190 valence electrons. The molecule has 0 N–H and O–H groups in total. The molecule has 5 heterocycles. The third-order valence-electron chi connectivity index (χ3n) is 8.68. The summed E-state index contributed by atoms with van der Waals surface area (Å²) in [5.41, 5.74) is 10.7. The van der Waals surface area contributed by atoms with Crippen molar-refractivity contribution >= 4 is 67.6 Å². The molecule has 0 amide bonds. The highest BCUT2D eigenvalue weighted by molar-refractivity contribution is 6.77. The van der Waals surface area contributed by atoms with E-state index in [-0.39, 0.29) is 7.05 Å². The Balaban J connectivity index is 1.23. The molecule has 8 aromatic rings. The van der Waals surface area contributed by atoms with Gasteiger partial charge in [0.2, 0.25) is 0 Å². The number of hydrogen-bond acceptors (Lipinski definition) is 4. The van der Waals surface area contributed by atoms with E-state index in [4.69, 9.17) is 9.07 Å². The number of pyridine rings is 1. The van der Waals surface area contributed by atoms with E-state index in [2.05, 4.69) is 105 Å². The van der Waals surface area contributed by atoms with Crippen LogP contribution in [0.4, 0.5) is 11.4 Å². The van der Waals surface area contributed by atoms with Gasteiger partial charge in [-0.25, -0.2) is 0 Å². The normalized spacial score (nSPS) is 13.5. The average molecular weight is 525 g/mol. The molecule has 0 spiro atoms. The molecular formula is C35H20BN3O2. The Hall–Kier alpha value is -5.49. The zero-order valence-electron chi connectivity index (χ0n) is 21.8. The number of fused-ring (bicyclic) bond motifs is 14. The van der Waals surface area contributed by atoms with Crippen molar-refractivity contribution in [1.29, 1.82) is 0 Å². The van der Waals surface area contributed by atoms with Crippen molar-refractivity contribution in [3.8, 4) is 22.6 Å². The van der Waals surface area contributed by atoms with Crippen molar-refractivity contribution < 1.29 is 9.07 Å². The number of anilines is 2. The molecule has 5 aromatic carbocycles. The summed E-state index contributed by atoms with van der Waals surface area (Å²) in [6.45, 7) is 0. The first-order valence-electron chi connectivity index (χ1n) is 13.8. The van der Waals surface area contributed by atoms with Gasteiger partial charge in [0.15, 0.2) is 0 Å². The second-order valence-corrected chi connectivity index (χ2v) is 10.8. The molecule has 0 saturated carbocycles. The van der Waals surface area contributed by atoms with Gasteiger partial charge in [-0.05, 0) is 54.1 Å². The first-order chi connectivity index (χ1) is 20.3. The topological polar surface area (TPSA) is 43.4 Å². The zero-order valence-corrected chi connectivity index (χ0v) is 21.8. The van der Waals surface area contributed by atoms with Crippen molar-refractivity contribution in [3.63, 3.8) is 0 Å². The predicted octanol–water partition coefficient (Wildman–Crippen LogP) is 7.98. The molecular weight excluding hydrogens is 505 g/mol. The Morgan fingerprint density at radius 3 is 2.20 bits per heavy atom. The summed E-state index contributed by atoms with van der Waals surface area (Å²) < 4.78 is 15.3. The molecule has 0 aliphatic carbocycles. The Labute approximate surface area is 235 Å². The van der Waals surface area contributed by atoms with Gasteiger partial charge in [-0.3, -0.25) is 4.98 Å². The third kappa shape index (κ3) is 2.73. The van der Waals surface area contributed by atoms with Crippen LogP contribution in [0.15, 0.2) is 126 Å². The maximum absolute atomic E-state index is 6.68. The van der Waals surface area contributed by atoms with E-state index in [1.807, 2.05) is 30.6 Å². The number of para-hydroxylation sites is 3. The van der Waals surface area contributed by atoms with Crippen molar-refractivity contribution in [2.24, 2.45) is 0 Å². The van der Waals surface area contributed by atoms with Crippen LogP contribution in [0.1, 0.15) is 0 Å². The quantitative estimate of drug-likeness (QED) is 0.204. The molecule has 0 saturated heterocycles. The molecule has 0 atom stereocenters. The summed E-state index contributed by atoms with van der Waals surface area (Å²) in [5.74, 6) is 0.850. The summed E-state index contributed by atoms with van der Waals surface area (Å²) in [6.07, 6.45) is 3.81. The smallest absolute Gasteiger partial charge is 0.526 e. The van der Waals surface area contributed by atoms with Gasteiger partial charge >= 0.3 is 7.05 Å². The lowest BCUT2D eigenvalue weighted by molar-refractivity contribution is 0.603. The summed E-state index contributed by atoms with van der Waals surface area (Å²) in [7, 11) is -0.293. The van der Waals surface area contributed by atoms with Crippen LogP contribution in [-0.4, -0.2) is 16.6 Å². The van der Waals surface area contributed by atoms with Crippen LogP contribution >= 0.6 is 0 Å². The lowest BCUT2D eigenvalue weighted by Gasteiger charge is -2.31. The van der Waals surface area contributed by atoms with Crippen LogP contribution in [0.3, 0.4) is 0 Å². The van der Waals surface area contributed by atoms with Gasteiger partial charge in [0.1, 0.15) is 16.9 Å². The monoisotopic (exact) mass is 525 g/mol. The summed E-state index contributed by atoms with van der Waals surface area (Å²) >= 11 is 0. The molecule has 0 unspecified atom stereocenters. The Morgan fingerprint density at radius 2 is 1.37 bits per heavy atom. The second-order valence-electron chi connectivity index (χ2n) is 10.8. The number of hydrogen-bond donors (Lipinski definition) is 0.